The summed E-state index contributed by atoms with van der Waals surface area (Å²) in [6.07, 6.45) is 1.30. The minimum Gasteiger partial charge on any atom is -0.393 e. The van der Waals surface area contributed by atoms with Gasteiger partial charge in [-0.05, 0) is 31.9 Å². The van der Waals surface area contributed by atoms with E-state index >= 15 is 0 Å². The van der Waals surface area contributed by atoms with Gasteiger partial charge in [-0.15, -0.1) is 11.3 Å². The average molecular weight is 274 g/mol. The molecule has 2 rings (SSSR count). The minimum absolute atomic E-state index is 0.123. The van der Waals surface area contributed by atoms with E-state index in [-0.39, 0.29) is 17.9 Å². The van der Waals surface area contributed by atoms with Gasteiger partial charge in [-0.1, -0.05) is 11.6 Å². The molecule has 1 N–H and O–H groups in total. The van der Waals surface area contributed by atoms with Crippen molar-refractivity contribution in [3.05, 3.63) is 21.3 Å². The lowest BCUT2D eigenvalue weighted by molar-refractivity contribution is 0.0551. The number of ketones is 1. The number of halogens is 1. The van der Waals surface area contributed by atoms with Crippen LogP contribution in [-0.2, 0) is 0 Å². The molecule has 5 heteroatoms. The largest absolute Gasteiger partial charge is 0.393 e. The van der Waals surface area contributed by atoms with Gasteiger partial charge in [0.15, 0.2) is 5.78 Å². The molecule has 1 aromatic rings. The maximum absolute atomic E-state index is 12.2. The van der Waals surface area contributed by atoms with Crippen molar-refractivity contribution in [2.45, 2.75) is 31.9 Å². The van der Waals surface area contributed by atoms with Crippen molar-refractivity contribution < 1.29 is 9.90 Å². The van der Waals surface area contributed by atoms with Crippen LogP contribution in [0.2, 0.25) is 4.34 Å². The number of hydrogen-bond donors (Lipinski definition) is 1. The van der Waals surface area contributed by atoms with Crippen molar-refractivity contribution in [1.82, 2.24) is 4.90 Å². The molecule has 17 heavy (non-hydrogen) atoms. The summed E-state index contributed by atoms with van der Waals surface area (Å²) in [5, 5.41) is 9.44. The van der Waals surface area contributed by atoms with Gasteiger partial charge in [0, 0.05) is 13.1 Å². The highest BCUT2D eigenvalue weighted by molar-refractivity contribution is 7.18. The van der Waals surface area contributed by atoms with Crippen molar-refractivity contribution in [1.29, 1.82) is 0 Å². The van der Waals surface area contributed by atoms with Crippen LogP contribution >= 0.6 is 22.9 Å². The molecule has 0 aliphatic carbocycles. The highest BCUT2D eigenvalue weighted by Crippen LogP contribution is 2.24. The molecule has 1 unspecified atom stereocenters. The number of likely N-dealkylation sites (tertiary alicyclic amines) is 1. The second-order valence-electron chi connectivity index (χ2n) is 4.41. The van der Waals surface area contributed by atoms with E-state index in [0.29, 0.717) is 9.21 Å². The number of thiophene rings is 1. The SMILES string of the molecule is CC(C(=O)c1ccc(Cl)s1)N1CCC(O)CC1. The zero-order valence-electron chi connectivity index (χ0n) is 9.73. The van der Waals surface area contributed by atoms with Crippen molar-refractivity contribution in [2.75, 3.05) is 13.1 Å². The van der Waals surface area contributed by atoms with E-state index in [1.165, 1.54) is 11.3 Å². The average Bonchev–Trinajstić information content (AvgIpc) is 2.75. The molecule has 0 saturated carbocycles. The number of Topliss-reactive ketones (excluding diaryl/α,β-unsaturated/α-hetero) is 1. The Morgan fingerprint density at radius 2 is 2.18 bits per heavy atom. The quantitative estimate of drug-likeness (QED) is 0.860. The van der Waals surface area contributed by atoms with Gasteiger partial charge >= 0.3 is 0 Å². The molecule has 0 aromatic carbocycles. The number of carbonyl (C=O) groups is 1. The fourth-order valence-electron chi connectivity index (χ4n) is 2.09. The van der Waals surface area contributed by atoms with E-state index in [4.69, 9.17) is 11.6 Å². The van der Waals surface area contributed by atoms with Crippen LogP contribution < -0.4 is 0 Å². The van der Waals surface area contributed by atoms with Gasteiger partial charge in [0.1, 0.15) is 0 Å². The summed E-state index contributed by atoms with van der Waals surface area (Å²) in [5.41, 5.74) is 0. The second-order valence-corrected chi connectivity index (χ2v) is 6.13. The normalized spacial score (nSPS) is 20.4. The van der Waals surface area contributed by atoms with E-state index in [9.17, 15) is 9.90 Å². The van der Waals surface area contributed by atoms with Gasteiger partial charge in [0.25, 0.3) is 0 Å². The fraction of sp³-hybridized carbons (Fsp3) is 0.583. The maximum Gasteiger partial charge on any atom is 0.189 e. The molecule has 1 aliphatic heterocycles. The number of nitrogens with zero attached hydrogens (tertiary/aromatic N) is 1. The minimum atomic E-state index is -0.204. The van der Waals surface area contributed by atoms with E-state index < -0.39 is 0 Å². The summed E-state index contributed by atoms with van der Waals surface area (Å²) < 4.78 is 0.648. The van der Waals surface area contributed by atoms with Crippen LogP contribution in [0.4, 0.5) is 0 Å². The van der Waals surface area contributed by atoms with E-state index in [0.717, 1.165) is 25.9 Å². The molecular formula is C12H16ClNO2S. The predicted octanol–water partition coefficient (Wildman–Crippen LogP) is 2.43. The van der Waals surface area contributed by atoms with Crippen molar-refractivity contribution >= 4 is 28.7 Å². The fourth-order valence-corrected chi connectivity index (χ4v) is 3.16. The standard InChI is InChI=1S/C12H16ClNO2S/c1-8(14-6-4-9(15)5-7-14)12(16)10-2-3-11(13)17-10/h2-3,8-9,15H,4-7H2,1H3. The zero-order valence-corrected chi connectivity index (χ0v) is 11.3. The lowest BCUT2D eigenvalue weighted by Crippen LogP contribution is -2.44. The molecule has 0 radical (unpaired) electrons. The molecule has 3 nitrogen and oxygen atoms in total. The van der Waals surface area contributed by atoms with Gasteiger partial charge in [-0.2, -0.15) is 0 Å². The van der Waals surface area contributed by atoms with Gasteiger partial charge in [0.2, 0.25) is 0 Å². The Labute approximate surface area is 110 Å². The molecule has 94 valence electrons. The molecule has 0 bridgehead atoms. The second kappa shape index (κ2) is 5.48. The number of rotatable bonds is 3. The van der Waals surface area contributed by atoms with Gasteiger partial charge in [0.05, 0.1) is 21.4 Å². The molecule has 0 amide bonds. The van der Waals surface area contributed by atoms with Crippen LogP contribution in [0.5, 0.6) is 0 Å². The van der Waals surface area contributed by atoms with Gasteiger partial charge < -0.3 is 5.11 Å². The number of carbonyl (C=O) groups excluding carboxylic acids is 1. The van der Waals surface area contributed by atoms with Crippen LogP contribution in [0.3, 0.4) is 0 Å². The molecule has 0 spiro atoms. The summed E-state index contributed by atoms with van der Waals surface area (Å²) in [5.74, 6) is 0.123. The summed E-state index contributed by atoms with van der Waals surface area (Å²) in [4.78, 5) is 15.0. The first-order chi connectivity index (χ1) is 8.08. The molecule has 2 heterocycles. The highest BCUT2D eigenvalue weighted by atomic mass is 35.5. The van der Waals surface area contributed by atoms with Gasteiger partial charge in [-0.25, -0.2) is 0 Å². The first kappa shape index (κ1) is 13.0. The Hall–Kier alpha value is -0.420. The Morgan fingerprint density at radius 1 is 1.53 bits per heavy atom. The third-order valence-corrected chi connectivity index (χ3v) is 4.49. The van der Waals surface area contributed by atoms with Crippen LogP contribution in [0.1, 0.15) is 29.4 Å². The van der Waals surface area contributed by atoms with Crippen LogP contribution in [0.15, 0.2) is 12.1 Å². The summed E-state index contributed by atoms with van der Waals surface area (Å²) >= 11 is 7.16. The lowest BCUT2D eigenvalue weighted by Gasteiger charge is -2.33. The zero-order chi connectivity index (χ0) is 12.4. The van der Waals surface area contributed by atoms with Gasteiger partial charge in [-0.3, -0.25) is 9.69 Å². The lowest BCUT2D eigenvalue weighted by atomic mass is 10.0. The maximum atomic E-state index is 12.2. The van der Waals surface area contributed by atoms with E-state index in [2.05, 4.69) is 4.90 Å². The smallest absolute Gasteiger partial charge is 0.189 e. The van der Waals surface area contributed by atoms with Crippen LogP contribution in [0.25, 0.3) is 0 Å². The summed E-state index contributed by atoms with van der Waals surface area (Å²) in [7, 11) is 0. The summed E-state index contributed by atoms with van der Waals surface area (Å²) in [6.45, 7) is 3.49. The molecule has 1 fully saturated rings. The molecule has 1 saturated heterocycles. The number of hydrogen-bond acceptors (Lipinski definition) is 4. The third-order valence-electron chi connectivity index (χ3n) is 3.24. The molecule has 1 aromatic heterocycles. The van der Waals surface area contributed by atoms with Crippen molar-refractivity contribution in [2.24, 2.45) is 0 Å². The Balaban J connectivity index is 2.00. The molecule has 1 aliphatic rings. The Bertz CT molecular complexity index is 399. The Kier molecular flexibility index (Phi) is 4.20. The summed E-state index contributed by atoms with van der Waals surface area (Å²) in [6, 6.07) is 3.41. The molecular weight excluding hydrogens is 258 g/mol. The van der Waals surface area contributed by atoms with E-state index in [1.54, 1.807) is 12.1 Å². The molecule has 1 atom stereocenters. The monoisotopic (exact) mass is 273 g/mol. The number of aliphatic hydroxyl groups is 1. The number of piperidine rings is 1. The van der Waals surface area contributed by atoms with Crippen molar-refractivity contribution in [3.8, 4) is 0 Å². The topological polar surface area (TPSA) is 40.5 Å². The first-order valence-electron chi connectivity index (χ1n) is 5.79. The predicted molar refractivity (Wildman–Crippen MR) is 69.9 cm³/mol. The highest BCUT2D eigenvalue weighted by Gasteiger charge is 2.27. The van der Waals surface area contributed by atoms with Crippen LogP contribution in [-0.4, -0.2) is 41.0 Å². The first-order valence-corrected chi connectivity index (χ1v) is 6.99. The van der Waals surface area contributed by atoms with E-state index in [1.807, 2.05) is 6.92 Å². The van der Waals surface area contributed by atoms with Crippen molar-refractivity contribution in [3.63, 3.8) is 0 Å². The third kappa shape index (κ3) is 3.07. The van der Waals surface area contributed by atoms with Crippen LogP contribution in [0, 0.1) is 0 Å². The Morgan fingerprint density at radius 3 is 2.71 bits per heavy atom. The number of aliphatic hydroxyl groups excluding tert-OH is 1.